The molecule has 0 atom stereocenters. The number of halogens is 1. The third kappa shape index (κ3) is 2.82. The van der Waals surface area contributed by atoms with Gasteiger partial charge in [0.05, 0.1) is 0 Å². The van der Waals surface area contributed by atoms with Crippen molar-refractivity contribution in [1.29, 1.82) is 0 Å². The summed E-state index contributed by atoms with van der Waals surface area (Å²) in [7, 11) is 0. The van der Waals surface area contributed by atoms with E-state index < -0.39 is 11.8 Å². The van der Waals surface area contributed by atoms with Crippen molar-refractivity contribution in [2.45, 2.75) is 6.61 Å². The fourth-order valence-electron chi connectivity index (χ4n) is 1.67. The molecule has 0 aromatic heterocycles. The van der Waals surface area contributed by atoms with Crippen LogP contribution in [0.2, 0.25) is 0 Å². The summed E-state index contributed by atoms with van der Waals surface area (Å²) in [6.45, 7) is -0.0591. The molecule has 3 N–H and O–H groups in total. The number of aromatic carboxylic acids is 1. The number of hydrogen-bond donors (Lipinski definition) is 2. The Hall–Kier alpha value is -2.56. The SMILES string of the molecule is Nc1cccc(OCc2ccccc2F)c1C(=O)O. The van der Waals surface area contributed by atoms with E-state index in [1.165, 1.54) is 18.2 Å². The molecule has 2 aromatic carbocycles. The molecular formula is C14H12FNO3. The van der Waals surface area contributed by atoms with Crippen LogP contribution in [0, 0.1) is 5.82 Å². The zero-order valence-electron chi connectivity index (χ0n) is 9.97. The van der Waals surface area contributed by atoms with Crippen molar-refractivity contribution < 1.29 is 19.0 Å². The summed E-state index contributed by atoms with van der Waals surface area (Å²) >= 11 is 0. The summed E-state index contributed by atoms with van der Waals surface area (Å²) in [5.41, 5.74) is 5.93. The van der Waals surface area contributed by atoms with E-state index in [4.69, 9.17) is 15.6 Å². The van der Waals surface area contributed by atoms with Crippen molar-refractivity contribution in [3.8, 4) is 5.75 Å². The van der Waals surface area contributed by atoms with Crippen molar-refractivity contribution in [2.75, 3.05) is 5.73 Å². The Morgan fingerprint density at radius 3 is 2.63 bits per heavy atom. The van der Waals surface area contributed by atoms with Gasteiger partial charge < -0.3 is 15.6 Å². The first-order valence-electron chi connectivity index (χ1n) is 5.57. The molecule has 2 rings (SSSR count). The van der Waals surface area contributed by atoms with Gasteiger partial charge in [0.15, 0.2) is 0 Å². The smallest absolute Gasteiger partial charge is 0.341 e. The maximum atomic E-state index is 13.4. The Labute approximate surface area is 109 Å². The summed E-state index contributed by atoms with van der Waals surface area (Å²) in [5, 5.41) is 9.06. The van der Waals surface area contributed by atoms with Crippen LogP contribution in [0.15, 0.2) is 42.5 Å². The van der Waals surface area contributed by atoms with Gasteiger partial charge in [0, 0.05) is 11.3 Å². The number of carbonyl (C=O) groups is 1. The minimum Gasteiger partial charge on any atom is -0.488 e. The van der Waals surface area contributed by atoms with Gasteiger partial charge in [-0.3, -0.25) is 0 Å². The Kier molecular flexibility index (Phi) is 3.66. The first kappa shape index (κ1) is 12.9. The van der Waals surface area contributed by atoms with Gasteiger partial charge in [-0.05, 0) is 18.2 Å². The molecule has 0 aliphatic heterocycles. The normalized spacial score (nSPS) is 10.2. The van der Waals surface area contributed by atoms with Crippen LogP contribution >= 0.6 is 0 Å². The summed E-state index contributed by atoms with van der Waals surface area (Å²) < 4.78 is 18.8. The highest BCUT2D eigenvalue weighted by Crippen LogP contribution is 2.25. The van der Waals surface area contributed by atoms with Crippen molar-refractivity contribution in [3.05, 3.63) is 59.4 Å². The van der Waals surface area contributed by atoms with Gasteiger partial charge >= 0.3 is 5.97 Å². The predicted molar refractivity (Wildman–Crippen MR) is 68.5 cm³/mol. The Bertz CT molecular complexity index is 613. The molecule has 19 heavy (non-hydrogen) atoms. The van der Waals surface area contributed by atoms with Crippen LogP contribution in [0.3, 0.4) is 0 Å². The zero-order chi connectivity index (χ0) is 13.8. The van der Waals surface area contributed by atoms with Crippen LogP contribution in [-0.4, -0.2) is 11.1 Å². The lowest BCUT2D eigenvalue weighted by Gasteiger charge is -2.11. The number of carboxylic acid groups (broad SMARTS) is 1. The van der Waals surface area contributed by atoms with Crippen LogP contribution in [0.25, 0.3) is 0 Å². The molecule has 2 aromatic rings. The second-order valence-corrected chi connectivity index (χ2v) is 3.91. The maximum Gasteiger partial charge on any atom is 0.341 e. The summed E-state index contributed by atoms with van der Waals surface area (Å²) in [6.07, 6.45) is 0. The quantitative estimate of drug-likeness (QED) is 0.830. The number of benzene rings is 2. The summed E-state index contributed by atoms with van der Waals surface area (Å²) in [5.74, 6) is -1.46. The Morgan fingerprint density at radius 1 is 1.21 bits per heavy atom. The third-order valence-electron chi connectivity index (χ3n) is 2.61. The van der Waals surface area contributed by atoms with E-state index in [2.05, 4.69) is 0 Å². The summed E-state index contributed by atoms with van der Waals surface area (Å²) in [6, 6.07) is 10.7. The highest BCUT2D eigenvalue weighted by Gasteiger charge is 2.15. The van der Waals surface area contributed by atoms with Crippen LogP contribution < -0.4 is 10.5 Å². The average molecular weight is 261 g/mol. The van der Waals surface area contributed by atoms with E-state index in [-0.39, 0.29) is 23.6 Å². The van der Waals surface area contributed by atoms with Gasteiger partial charge in [-0.15, -0.1) is 0 Å². The lowest BCUT2D eigenvalue weighted by molar-refractivity contribution is 0.0693. The second kappa shape index (κ2) is 5.39. The molecule has 0 amide bonds. The Balaban J connectivity index is 2.23. The average Bonchev–Trinajstić information content (AvgIpc) is 2.37. The fourth-order valence-corrected chi connectivity index (χ4v) is 1.67. The molecule has 0 saturated heterocycles. The molecule has 0 fully saturated rings. The number of nitrogens with two attached hydrogens (primary N) is 1. The number of hydrogen-bond acceptors (Lipinski definition) is 3. The largest absolute Gasteiger partial charge is 0.488 e. The van der Waals surface area contributed by atoms with Crippen molar-refractivity contribution in [2.24, 2.45) is 0 Å². The number of rotatable bonds is 4. The monoisotopic (exact) mass is 261 g/mol. The van der Waals surface area contributed by atoms with Crippen molar-refractivity contribution in [1.82, 2.24) is 0 Å². The number of ether oxygens (including phenoxy) is 1. The number of nitrogen functional groups attached to an aromatic ring is 1. The molecule has 0 aliphatic carbocycles. The van der Waals surface area contributed by atoms with E-state index in [1.807, 2.05) is 0 Å². The molecule has 0 spiro atoms. The van der Waals surface area contributed by atoms with Gasteiger partial charge in [0.1, 0.15) is 23.7 Å². The molecule has 5 heteroatoms. The van der Waals surface area contributed by atoms with Crippen LogP contribution in [-0.2, 0) is 6.61 Å². The Morgan fingerprint density at radius 2 is 1.95 bits per heavy atom. The van der Waals surface area contributed by atoms with Gasteiger partial charge in [-0.2, -0.15) is 0 Å². The molecule has 0 unspecified atom stereocenters. The third-order valence-corrected chi connectivity index (χ3v) is 2.61. The van der Waals surface area contributed by atoms with Crippen molar-refractivity contribution >= 4 is 11.7 Å². The maximum absolute atomic E-state index is 13.4. The van der Waals surface area contributed by atoms with E-state index in [9.17, 15) is 9.18 Å². The second-order valence-electron chi connectivity index (χ2n) is 3.91. The molecule has 98 valence electrons. The topological polar surface area (TPSA) is 72.5 Å². The molecule has 4 nitrogen and oxygen atoms in total. The highest BCUT2D eigenvalue weighted by molar-refractivity contribution is 5.96. The van der Waals surface area contributed by atoms with Gasteiger partial charge in [-0.25, -0.2) is 9.18 Å². The van der Waals surface area contributed by atoms with E-state index >= 15 is 0 Å². The van der Waals surface area contributed by atoms with Crippen molar-refractivity contribution in [3.63, 3.8) is 0 Å². The van der Waals surface area contributed by atoms with Gasteiger partial charge in [-0.1, -0.05) is 24.3 Å². The highest BCUT2D eigenvalue weighted by atomic mass is 19.1. The van der Waals surface area contributed by atoms with E-state index in [1.54, 1.807) is 24.3 Å². The minimum absolute atomic E-state index is 0.0591. The fraction of sp³-hybridized carbons (Fsp3) is 0.0714. The first-order chi connectivity index (χ1) is 9.09. The molecular weight excluding hydrogens is 249 g/mol. The summed E-state index contributed by atoms with van der Waals surface area (Å²) in [4.78, 5) is 11.1. The van der Waals surface area contributed by atoms with Crippen LogP contribution in [0.1, 0.15) is 15.9 Å². The molecule has 0 aliphatic rings. The minimum atomic E-state index is -1.18. The van der Waals surface area contributed by atoms with Gasteiger partial charge in [0.2, 0.25) is 0 Å². The number of anilines is 1. The zero-order valence-corrected chi connectivity index (χ0v) is 9.97. The van der Waals surface area contributed by atoms with Crippen LogP contribution in [0.4, 0.5) is 10.1 Å². The van der Waals surface area contributed by atoms with Crippen LogP contribution in [0.5, 0.6) is 5.75 Å². The molecule has 0 saturated carbocycles. The molecule has 0 heterocycles. The first-order valence-corrected chi connectivity index (χ1v) is 5.57. The standard InChI is InChI=1S/C14H12FNO3/c15-10-5-2-1-4-9(10)8-19-12-7-3-6-11(16)13(12)14(17)18/h1-7H,8,16H2,(H,17,18). The van der Waals surface area contributed by atoms with Gasteiger partial charge in [0.25, 0.3) is 0 Å². The van der Waals surface area contributed by atoms with E-state index in [0.29, 0.717) is 5.56 Å². The lowest BCUT2D eigenvalue weighted by atomic mass is 10.1. The molecule has 0 radical (unpaired) electrons. The van der Waals surface area contributed by atoms with E-state index in [0.717, 1.165) is 0 Å². The number of carboxylic acids is 1. The predicted octanol–water partition coefficient (Wildman–Crippen LogP) is 2.69. The molecule has 0 bridgehead atoms. The lowest BCUT2D eigenvalue weighted by Crippen LogP contribution is -2.07.